The molecule has 0 saturated heterocycles. The Labute approximate surface area is 75.9 Å². The van der Waals surface area contributed by atoms with Gasteiger partial charge >= 0.3 is 0 Å². The molecule has 0 atom stereocenters. The zero-order valence-corrected chi connectivity index (χ0v) is 7.27. The second-order valence-corrected chi connectivity index (χ2v) is 2.67. The highest BCUT2D eigenvalue weighted by molar-refractivity contribution is 6.08. The molecule has 0 bridgehead atoms. The number of rotatable bonds is 3. The molecule has 0 fully saturated rings. The van der Waals surface area contributed by atoms with Gasteiger partial charge < -0.3 is 5.21 Å². The van der Waals surface area contributed by atoms with Crippen LogP contribution in [0, 0.1) is 0 Å². The van der Waals surface area contributed by atoms with Gasteiger partial charge in [0.25, 0.3) is 0 Å². The molecule has 4 nitrogen and oxygen atoms in total. The third kappa shape index (κ3) is 2.66. The van der Waals surface area contributed by atoms with Gasteiger partial charge in [-0.05, 0) is 19.1 Å². The largest absolute Gasteiger partial charge is 0.411 e. The summed E-state index contributed by atoms with van der Waals surface area (Å²) in [6.45, 7) is 1.60. The van der Waals surface area contributed by atoms with E-state index in [1.165, 1.54) is 0 Å². The Balaban J connectivity index is 2.70. The second-order valence-electron chi connectivity index (χ2n) is 2.67. The fraction of sp³-hybridized carbons (Fsp3) is 0.222. The fourth-order valence-electron chi connectivity index (χ4n) is 0.908. The maximum absolute atomic E-state index is 11.4. The number of pyridine rings is 1. The summed E-state index contributed by atoms with van der Waals surface area (Å²) in [6, 6.07) is 3.26. The van der Waals surface area contributed by atoms with Crippen LogP contribution in [0.4, 0.5) is 0 Å². The Bertz CT molecular complexity index is 320. The summed E-state index contributed by atoms with van der Waals surface area (Å²) in [7, 11) is 0. The summed E-state index contributed by atoms with van der Waals surface area (Å²) >= 11 is 0. The van der Waals surface area contributed by atoms with Crippen LogP contribution in [0.15, 0.2) is 29.7 Å². The third-order valence-electron chi connectivity index (χ3n) is 1.59. The van der Waals surface area contributed by atoms with Crippen LogP contribution in [-0.4, -0.2) is 21.7 Å². The molecule has 0 unspecified atom stereocenters. The molecule has 1 aromatic rings. The molecular formula is C9H10N2O2. The molecule has 13 heavy (non-hydrogen) atoms. The zero-order chi connectivity index (χ0) is 9.68. The number of hydrogen-bond donors (Lipinski definition) is 1. The molecular weight excluding hydrogens is 168 g/mol. The van der Waals surface area contributed by atoms with Gasteiger partial charge in [-0.2, -0.15) is 0 Å². The minimum atomic E-state index is -0.0716. The van der Waals surface area contributed by atoms with Crippen molar-refractivity contribution in [2.75, 3.05) is 0 Å². The minimum Gasteiger partial charge on any atom is -0.411 e. The summed E-state index contributed by atoms with van der Waals surface area (Å²) in [5, 5.41) is 11.3. The maximum Gasteiger partial charge on any atom is 0.168 e. The molecule has 68 valence electrons. The molecule has 1 N–H and O–H groups in total. The van der Waals surface area contributed by atoms with E-state index in [0.29, 0.717) is 11.3 Å². The molecule has 1 heterocycles. The van der Waals surface area contributed by atoms with Crippen molar-refractivity contribution in [3.63, 3.8) is 0 Å². The predicted molar refractivity (Wildman–Crippen MR) is 48.1 cm³/mol. The van der Waals surface area contributed by atoms with Crippen molar-refractivity contribution in [3.8, 4) is 0 Å². The number of ketones is 1. The summed E-state index contributed by atoms with van der Waals surface area (Å²) in [5.41, 5.74) is 0.986. The lowest BCUT2D eigenvalue weighted by Crippen LogP contribution is -2.05. The van der Waals surface area contributed by atoms with Crippen LogP contribution in [0.3, 0.4) is 0 Å². The van der Waals surface area contributed by atoms with E-state index >= 15 is 0 Å². The van der Waals surface area contributed by atoms with Gasteiger partial charge in [-0.1, -0.05) is 5.16 Å². The van der Waals surface area contributed by atoms with Gasteiger partial charge in [-0.15, -0.1) is 0 Å². The summed E-state index contributed by atoms with van der Waals surface area (Å²) in [4.78, 5) is 15.2. The van der Waals surface area contributed by atoms with Crippen molar-refractivity contribution in [1.82, 2.24) is 4.98 Å². The van der Waals surface area contributed by atoms with E-state index in [1.54, 1.807) is 31.5 Å². The van der Waals surface area contributed by atoms with Gasteiger partial charge in [0.05, 0.1) is 12.1 Å². The van der Waals surface area contributed by atoms with Gasteiger partial charge in [-0.3, -0.25) is 9.78 Å². The lowest BCUT2D eigenvalue weighted by atomic mass is 10.1. The van der Waals surface area contributed by atoms with Crippen molar-refractivity contribution in [1.29, 1.82) is 0 Å². The van der Waals surface area contributed by atoms with E-state index in [1.807, 2.05) is 0 Å². The van der Waals surface area contributed by atoms with Gasteiger partial charge in [-0.25, -0.2) is 0 Å². The van der Waals surface area contributed by atoms with E-state index in [9.17, 15) is 4.79 Å². The minimum absolute atomic E-state index is 0.0716. The molecule has 0 radical (unpaired) electrons. The number of hydrogen-bond acceptors (Lipinski definition) is 4. The highest BCUT2D eigenvalue weighted by atomic mass is 16.4. The van der Waals surface area contributed by atoms with Crippen molar-refractivity contribution >= 4 is 11.5 Å². The van der Waals surface area contributed by atoms with Crippen LogP contribution in [0.1, 0.15) is 23.7 Å². The van der Waals surface area contributed by atoms with Crippen molar-refractivity contribution in [2.24, 2.45) is 5.16 Å². The van der Waals surface area contributed by atoms with Crippen molar-refractivity contribution in [2.45, 2.75) is 13.3 Å². The molecule has 0 amide bonds. The van der Waals surface area contributed by atoms with E-state index in [2.05, 4.69) is 10.1 Å². The first-order valence-electron chi connectivity index (χ1n) is 3.85. The summed E-state index contributed by atoms with van der Waals surface area (Å²) < 4.78 is 0. The van der Waals surface area contributed by atoms with Crippen LogP contribution < -0.4 is 0 Å². The summed E-state index contributed by atoms with van der Waals surface area (Å²) in [6.07, 6.45) is 3.25. The molecule has 4 heteroatoms. The zero-order valence-electron chi connectivity index (χ0n) is 7.27. The van der Waals surface area contributed by atoms with E-state index in [-0.39, 0.29) is 12.2 Å². The van der Waals surface area contributed by atoms with Gasteiger partial charge in [0, 0.05) is 18.0 Å². The molecule has 1 aromatic heterocycles. The maximum atomic E-state index is 11.4. The fourth-order valence-corrected chi connectivity index (χ4v) is 0.908. The van der Waals surface area contributed by atoms with Gasteiger partial charge in [0.1, 0.15) is 0 Å². The highest BCUT2D eigenvalue weighted by Gasteiger charge is 2.06. The standard InChI is InChI=1S/C9H10N2O2/c1-7(11-13)6-9(12)8-2-4-10-5-3-8/h2-5,13H,6H2,1H3. The average Bonchev–Trinajstić information content (AvgIpc) is 2.19. The molecule has 0 aliphatic heterocycles. The third-order valence-corrected chi connectivity index (χ3v) is 1.59. The monoisotopic (exact) mass is 178 g/mol. The first-order valence-corrected chi connectivity index (χ1v) is 3.85. The molecule has 0 aliphatic rings. The van der Waals surface area contributed by atoms with Crippen LogP contribution in [-0.2, 0) is 0 Å². The Morgan fingerprint density at radius 1 is 1.54 bits per heavy atom. The molecule has 1 rings (SSSR count). The van der Waals surface area contributed by atoms with Crippen molar-refractivity contribution < 1.29 is 10.0 Å². The smallest absolute Gasteiger partial charge is 0.168 e. The number of carbonyl (C=O) groups is 1. The lowest BCUT2D eigenvalue weighted by Gasteiger charge is -1.97. The molecule has 0 saturated carbocycles. The van der Waals surface area contributed by atoms with Gasteiger partial charge in [0.2, 0.25) is 0 Å². The second kappa shape index (κ2) is 4.35. The number of oxime groups is 1. The molecule has 0 spiro atoms. The normalized spacial score (nSPS) is 11.3. The Kier molecular flexibility index (Phi) is 3.14. The van der Waals surface area contributed by atoms with Crippen LogP contribution in [0.5, 0.6) is 0 Å². The van der Waals surface area contributed by atoms with E-state index < -0.39 is 0 Å². The number of aromatic nitrogens is 1. The topological polar surface area (TPSA) is 62.5 Å². The quantitative estimate of drug-likeness (QED) is 0.330. The first-order chi connectivity index (χ1) is 6.24. The van der Waals surface area contributed by atoms with Crippen LogP contribution in [0.2, 0.25) is 0 Å². The highest BCUT2D eigenvalue weighted by Crippen LogP contribution is 2.02. The average molecular weight is 178 g/mol. The predicted octanol–water partition coefficient (Wildman–Crippen LogP) is 1.50. The number of carbonyl (C=O) groups excluding carboxylic acids is 1. The Hall–Kier alpha value is -1.71. The van der Waals surface area contributed by atoms with Crippen molar-refractivity contribution in [3.05, 3.63) is 30.1 Å². The molecule has 0 aromatic carbocycles. The first kappa shape index (κ1) is 9.38. The van der Waals surface area contributed by atoms with Gasteiger partial charge in [0.15, 0.2) is 5.78 Å². The molecule has 0 aliphatic carbocycles. The van der Waals surface area contributed by atoms with E-state index in [0.717, 1.165) is 0 Å². The van der Waals surface area contributed by atoms with Crippen LogP contribution >= 0.6 is 0 Å². The SMILES string of the molecule is CC(CC(=O)c1ccncc1)=NO. The Morgan fingerprint density at radius 3 is 2.69 bits per heavy atom. The summed E-state index contributed by atoms with van der Waals surface area (Å²) in [5.74, 6) is -0.0716. The van der Waals surface area contributed by atoms with Crippen LogP contribution in [0.25, 0.3) is 0 Å². The van der Waals surface area contributed by atoms with E-state index in [4.69, 9.17) is 5.21 Å². The number of Topliss-reactive ketones (excluding diaryl/α,β-unsaturated/α-hetero) is 1. The number of nitrogens with zero attached hydrogens (tertiary/aromatic N) is 2. The Morgan fingerprint density at radius 2 is 2.15 bits per heavy atom. The lowest BCUT2D eigenvalue weighted by molar-refractivity contribution is 0.0999.